The van der Waals surface area contributed by atoms with Gasteiger partial charge in [0.2, 0.25) is 0 Å². The molecule has 9 nitrogen and oxygen atoms in total. The van der Waals surface area contributed by atoms with Crippen molar-refractivity contribution in [1.82, 2.24) is 4.90 Å². The van der Waals surface area contributed by atoms with Gasteiger partial charge in [0.05, 0.1) is 16.8 Å². The second kappa shape index (κ2) is 12.1. The Morgan fingerprint density at radius 1 is 0.844 bits per heavy atom. The van der Waals surface area contributed by atoms with Crippen molar-refractivity contribution in [2.75, 3.05) is 19.7 Å². The SMILES string of the molecule is CCCN(CCC)C(=O)COC(=O)c1ccc(OC(=O)c2ccc(N=C(N)N)cc2)cc1. The third kappa shape index (κ3) is 7.42. The molecule has 170 valence electrons. The summed E-state index contributed by atoms with van der Waals surface area (Å²) in [6, 6.07) is 12.1. The summed E-state index contributed by atoms with van der Waals surface area (Å²) in [5.41, 5.74) is 11.7. The fraction of sp³-hybridized carbons (Fsp3) is 0.304. The lowest BCUT2D eigenvalue weighted by atomic mass is 10.2. The molecule has 0 heterocycles. The van der Waals surface area contributed by atoms with Gasteiger partial charge in [-0.15, -0.1) is 0 Å². The van der Waals surface area contributed by atoms with Crippen molar-refractivity contribution in [2.24, 2.45) is 16.5 Å². The minimum Gasteiger partial charge on any atom is -0.452 e. The van der Waals surface area contributed by atoms with E-state index in [1.807, 2.05) is 13.8 Å². The molecule has 32 heavy (non-hydrogen) atoms. The summed E-state index contributed by atoms with van der Waals surface area (Å²) in [5.74, 6) is -1.25. The van der Waals surface area contributed by atoms with Gasteiger partial charge in [0.1, 0.15) is 5.75 Å². The Morgan fingerprint density at radius 2 is 1.38 bits per heavy atom. The predicted octanol–water partition coefficient (Wildman–Crippen LogP) is 2.62. The number of nitrogens with two attached hydrogens (primary N) is 2. The van der Waals surface area contributed by atoms with Crippen LogP contribution in [0.1, 0.15) is 47.4 Å². The Kier molecular flexibility index (Phi) is 9.22. The van der Waals surface area contributed by atoms with Crippen LogP contribution in [0.5, 0.6) is 5.75 Å². The molecule has 0 spiro atoms. The molecule has 0 atom stereocenters. The number of carbonyl (C=O) groups is 3. The number of rotatable bonds is 10. The highest BCUT2D eigenvalue weighted by molar-refractivity contribution is 5.93. The van der Waals surface area contributed by atoms with E-state index in [-0.39, 0.29) is 29.8 Å². The molecular weight excluding hydrogens is 412 g/mol. The van der Waals surface area contributed by atoms with Crippen molar-refractivity contribution in [3.05, 3.63) is 59.7 Å². The van der Waals surface area contributed by atoms with E-state index in [0.717, 1.165) is 12.8 Å². The summed E-state index contributed by atoms with van der Waals surface area (Å²) in [6.07, 6.45) is 1.67. The molecule has 0 aliphatic rings. The summed E-state index contributed by atoms with van der Waals surface area (Å²) in [6.45, 7) is 4.91. The number of esters is 2. The second-order valence-corrected chi connectivity index (χ2v) is 6.95. The minimum atomic E-state index is -0.625. The predicted molar refractivity (Wildman–Crippen MR) is 121 cm³/mol. The van der Waals surface area contributed by atoms with E-state index in [4.69, 9.17) is 20.9 Å². The summed E-state index contributed by atoms with van der Waals surface area (Å²) >= 11 is 0. The Morgan fingerprint density at radius 3 is 1.91 bits per heavy atom. The number of benzene rings is 2. The molecule has 0 aliphatic carbocycles. The Bertz CT molecular complexity index is 945. The molecule has 0 bridgehead atoms. The molecule has 0 saturated carbocycles. The van der Waals surface area contributed by atoms with E-state index in [9.17, 15) is 14.4 Å². The highest BCUT2D eigenvalue weighted by atomic mass is 16.5. The van der Waals surface area contributed by atoms with Crippen LogP contribution in [0.15, 0.2) is 53.5 Å². The Hall–Kier alpha value is -3.88. The van der Waals surface area contributed by atoms with Crippen LogP contribution in [-0.4, -0.2) is 48.4 Å². The van der Waals surface area contributed by atoms with E-state index in [0.29, 0.717) is 24.3 Å². The zero-order chi connectivity index (χ0) is 23.5. The van der Waals surface area contributed by atoms with Gasteiger partial charge in [-0.2, -0.15) is 0 Å². The number of amides is 1. The smallest absolute Gasteiger partial charge is 0.343 e. The maximum atomic E-state index is 12.3. The number of hydrogen-bond donors (Lipinski definition) is 2. The molecule has 0 unspecified atom stereocenters. The first-order valence-electron chi connectivity index (χ1n) is 10.3. The Labute approximate surface area is 187 Å². The van der Waals surface area contributed by atoms with Crippen molar-refractivity contribution in [2.45, 2.75) is 26.7 Å². The topological polar surface area (TPSA) is 137 Å². The van der Waals surface area contributed by atoms with Crippen LogP contribution < -0.4 is 16.2 Å². The largest absolute Gasteiger partial charge is 0.452 e. The maximum absolute atomic E-state index is 12.3. The Balaban J connectivity index is 1.91. The van der Waals surface area contributed by atoms with Gasteiger partial charge in [-0.1, -0.05) is 13.8 Å². The lowest BCUT2D eigenvalue weighted by Crippen LogP contribution is -2.35. The van der Waals surface area contributed by atoms with Crippen LogP contribution in [0.25, 0.3) is 0 Å². The van der Waals surface area contributed by atoms with E-state index < -0.39 is 11.9 Å². The zero-order valence-electron chi connectivity index (χ0n) is 18.2. The molecule has 0 aromatic heterocycles. The quantitative estimate of drug-likeness (QED) is 0.251. The van der Waals surface area contributed by atoms with Gasteiger partial charge >= 0.3 is 11.9 Å². The van der Waals surface area contributed by atoms with Gasteiger partial charge in [-0.3, -0.25) is 4.79 Å². The van der Waals surface area contributed by atoms with E-state index >= 15 is 0 Å². The number of hydrogen-bond acceptors (Lipinski definition) is 6. The molecule has 0 radical (unpaired) electrons. The van der Waals surface area contributed by atoms with Gasteiger partial charge < -0.3 is 25.8 Å². The highest BCUT2D eigenvalue weighted by Crippen LogP contribution is 2.17. The lowest BCUT2D eigenvalue weighted by molar-refractivity contribution is -0.134. The van der Waals surface area contributed by atoms with Crippen molar-refractivity contribution < 1.29 is 23.9 Å². The zero-order valence-corrected chi connectivity index (χ0v) is 18.2. The third-order valence-corrected chi connectivity index (χ3v) is 4.33. The summed E-state index contributed by atoms with van der Waals surface area (Å²) in [7, 11) is 0. The average Bonchev–Trinajstić information content (AvgIpc) is 2.77. The average molecular weight is 441 g/mol. The molecule has 2 aromatic carbocycles. The highest BCUT2D eigenvalue weighted by Gasteiger charge is 2.16. The lowest BCUT2D eigenvalue weighted by Gasteiger charge is -2.21. The molecule has 1 amide bonds. The summed E-state index contributed by atoms with van der Waals surface area (Å²) < 4.78 is 10.4. The van der Waals surface area contributed by atoms with Crippen LogP contribution >= 0.6 is 0 Å². The van der Waals surface area contributed by atoms with Crippen LogP contribution in [0, 0.1) is 0 Å². The van der Waals surface area contributed by atoms with Crippen LogP contribution in [0.4, 0.5) is 5.69 Å². The first-order chi connectivity index (χ1) is 15.3. The van der Waals surface area contributed by atoms with E-state index in [1.54, 1.807) is 17.0 Å². The van der Waals surface area contributed by atoms with Gasteiger partial charge in [0.15, 0.2) is 12.6 Å². The van der Waals surface area contributed by atoms with Crippen LogP contribution in [0.3, 0.4) is 0 Å². The summed E-state index contributed by atoms with van der Waals surface area (Å²) in [4.78, 5) is 42.3. The molecule has 4 N–H and O–H groups in total. The number of guanidine groups is 1. The van der Waals surface area contributed by atoms with Crippen molar-refractivity contribution in [3.63, 3.8) is 0 Å². The minimum absolute atomic E-state index is 0.0810. The molecule has 0 saturated heterocycles. The molecular formula is C23H28N4O5. The fourth-order valence-electron chi connectivity index (χ4n) is 2.85. The standard InChI is InChI=1S/C23H28N4O5/c1-3-13-27(14-4-2)20(28)15-31-21(29)16-7-11-19(12-8-16)32-22(30)17-5-9-18(10-6-17)26-23(24)25/h5-12H,3-4,13-15H2,1-2H3,(H4,24,25,26). The normalized spacial score (nSPS) is 10.2. The first kappa shape index (κ1) is 24.4. The number of nitrogens with zero attached hydrogens (tertiary/aromatic N) is 2. The molecule has 9 heteroatoms. The molecule has 2 rings (SSSR count). The molecule has 2 aromatic rings. The van der Waals surface area contributed by atoms with Crippen molar-refractivity contribution in [1.29, 1.82) is 0 Å². The van der Waals surface area contributed by atoms with Crippen LogP contribution in [0.2, 0.25) is 0 Å². The second-order valence-electron chi connectivity index (χ2n) is 6.95. The van der Waals surface area contributed by atoms with Crippen molar-refractivity contribution >= 4 is 29.5 Å². The van der Waals surface area contributed by atoms with E-state index in [1.165, 1.54) is 36.4 Å². The molecule has 0 aliphatic heterocycles. The van der Waals surface area contributed by atoms with E-state index in [2.05, 4.69) is 4.99 Å². The van der Waals surface area contributed by atoms with Crippen molar-refractivity contribution in [3.8, 4) is 5.75 Å². The number of ether oxygens (including phenoxy) is 2. The third-order valence-electron chi connectivity index (χ3n) is 4.33. The first-order valence-corrected chi connectivity index (χ1v) is 10.3. The molecule has 0 fully saturated rings. The maximum Gasteiger partial charge on any atom is 0.343 e. The summed E-state index contributed by atoms with van der Waals surface area (Å²) in [5, 5.41) is 0. The fourth-order valence-corrected chi connectivity index (χ4v) is 2.85. The number of carbonyl (C=O) groups excluding carboxylic acids is 3. The van der Waals surface area contributed by atoms with Gasteiger partial charge in [-0.25, -0.2) is 14.6 Å². The number of aliphatic imine (C=N–C) groups is 1. The van der Waals surface area contributed by atoms with Gasteiger partial charge in [0.25, 0.3) is 5.91 Å². The monoisotopic (exact) mass is 440 g/mol. The van der Waals surface area contributed by atoms with Gasteiger partial charge in [0, 0.05) is 13.1 Å². The van der Waals surface area contributed by atoms with Gasteiger partial charge in [-0.05, 0) is 61.4 Å². The van der Waals surface area contributed by atoms with Crippen LogP contribution in [-0.2, 0) is 9.53 Å².